The number of aromatic nitrogens is 2. The van der Waals surface area contributed by atoms with Crippen molar-refractivity contribution in [3.05, 3.63) is 42.0 Å². The van der Waals surface area contributed by atoms with Gasteiger partial charge in [-0.3, -0.25) is 14.8 Å². The van der Waals surface area contributed by atoms with Crippen molar-refractivity contribution in [1.29, 1.82) is 5.41 Å². The van der Waals surface area contributed by atoms with Crippen molar-refractivity contribution in [1.82, 2.24) is 19.4 Å². The van der Waals surface area contributed by atoms with Crippen molar-refractivity contribution in [2.75, 3.05) is 39.3 Å². The van der Waals surface area contributed by atoms with Crippen LogP contribution in [0.3, 0.4) is 0 Å². The molecule has 1 aromatic carbocycles. The number of hydrogen-bond acceptors (Lipinski definition) is 6. The number of carbonyl (C=O) groups is 1. The average molecular weight is 461 g/mol. The molecule has 0 saturated carbocycles. The number of hydrogen-bond donors (Lipinski definition) is 2. The molecule has 178 valence electrons. The van der Waals surface area contributed by atoms with E-state index in [1.54, 1.807) is 24.3 Å². The fourth-order valence-electron chi connectivity index (χ4n) is 4.37. The monoisotopic (exact) mass is 460 g/mol. The molecule has 0 spiro atoms. The van der Waals surface area contributed by atoms with Gasteiger partial charge < -0.3 is 20.3 Å². The maximum Gasteiger partial charge on any atom is 0.296 e. The Morgan fingerprint density at radius 1 is 1.24 bits per heavy atom. The Hall–Kier alpha value is -3.01. The highest BCUT2D eigenvalue weighted by atomic mass is 19.3. The van der Waals surface area contributed by atoms with E-state index in [9.17, 15) is 13.6 Å². The molecule has 8 nitrogen and oxygen atoms in total. The SMILES string of the molecule is N=C(C=C(N)OCC1CN(C(=O)CCN2CCCCC2)C1)n1c(C(F)F)nc2ccccc21. The van der Waals surface area contributed by atoms with Crippen LogP contribution in [0.2, 0.25) is 0 Å². The lowest BCUT2D eigenvalue weighted by Crippen LogP contribution is -2.52. The van der Waals surface area contributed by atoms with Crippen molar-refractivity contribution in [2.24, 2.45) is 11.7 Å². The molecule has 0 bridgehead atoms. The van der Waals surface area contributed by atoms with Crippen molar-refractivity contribution in [2.45, 2.75) is 32.1 Å². The van der Waals surface area contributed by atoms with Crippen LogP contribution >= 0.6 is 0 Å². The van der Waals surface area contributed by atoms with Crippen LogP contribution in [-0.2, 0) is 9.53 Å². The molecule has 2 saturated heterocycles. The van der Waals surface area contributed by atoms with E-state index in [1.165, 1.54) is 25.3 Å². The van der Waals surface area contributed by atoms with E-state index in [2.05, 4.69) is 9.88 Å². The largest absolute Gasteiger partial charge is 0.479 e. The van der Waals surface area contributed by atoms with Gasteiger partial charge in [-0.15, -0.1) is 0 Å². The molecule has 10 heteroatoms. The van der Waals surface area contributed by atoms with Gasteiger partial charge in [0, 0.05) is 38.0 Å². The van der Waals surface area contributed by atoms with E-state index in [0.29, 0.717) is 37.2 Å². The second-order valence-electron chi connectivity index (χ2n) is 8.65. The first kappa shape index (κ1) is 23.2. The topological polar surface area (TPSA) is 100 Å². The Labute approximate surface area is 191 Å². The maximum atomic E-state index is 13.4. The molecular formula is C23H30F2N6O2. The van der Waals surface area contributed by atoms with Crippen molar-refractivity contribution < 1.29 is 18.3 Å². The third kappa shape index (κ3) is 5.50. The Kier molecular flexibility index (Phi) is 7.22. The molecule has 2 fully saturated rings. The number of para-hydroxylation sites is 2. The molecule has 1 amide bonds. The van der Waals surface area contributed by atoms with E-state index in [1.807, 2.05) is 4.90 Å². The van der Waals surface area contributed by atoms with Crippen molar-refractivity contribution in [3.8, 4) is 0 Å². The Bertz CT molecular complexity index is 1030. The van der Waals surface area contributed by atoms with E-state index >= 15 is 0 Å². The Balaban J connectivity index is 1.25. The molecule has 0 radical (unpaired) electrons. The van der Waals surface area contributed by atoms with Crippen LogP contribution in [0.4, 0.5) is 8.78 Å². The van der Waals surface area contributed by atoms with Gasteiger partial charge >= 0.3 is 0 Å². The van der Waals surface area contributed by atoms with Crippen LogP contribution in [0.25, 0.3) is 11.0 Å². The number of likely N-dealkylation sites (tertiary alicyclic amines) is 2. The molecular weight excluding hydrogens is 430 g/mol. The van der Waals surface area contributed by atoms with Gasteiger partial charge in [0.15, 0.2) is 11.7 Å². The molecule has 33 heavy (non-hydrogen) atoms. The molecule has 3 N–H and O–H groups in total. The minimum absolute atomic E-state index is 0.0344. The average Bonchev–Trinajstić information content (AvgIpc) is 3.17. The highest BCUT2D eigenvalue weighted by Crippen LogP contribution is 2.24. The normalized spacial score (nSPS) is 18.0. The zero-order chi connectivity index (χ0) is 23.4. The number of alkyl halides is 2. The molecule has 2 aromatic rings. The first-order valence-electron chi connectivity index (χ1n) is 11.4. The van der Waals surface area contributed by atoms with Crippen LogP contribution in [0.15, 0.2) is 36.2 Å². The summed E-state index contributed by atoms with van der Waals surface area (Å²) in [4.78, 5) is 20.5. The van der Waals surface area contributed by atoms with Crippen LogP contribution in [-0.4, -0.2) is 70.4 Å². The number of allylic oxidation sites excluding steroid dienone is 1. The summed E-state index contributed by atoms with van der Waals surface area (Å²) in [7, 11) is 0. The molecule has 1 aromatic heterocycles. The van der Waals surface area contributed by atoms with E-state index in [4.69, 9.17) is 15.9 Å². The summed E-state index contributed by atoms with van der Waals surface area (Å²) in [6, 6.07) is 6.64. The summed E-state index contributed by atoms with van der Waals surface area (Å²) in [5.41, 5.74) is 6.68. The molecule has 3 heterocycles. The number of halogens is 2. The first-order chi connectivity index (χ1) is 15.9. The molecule has 0 aliphatic carbocycles. The lowest BCUT2D eigenvalue weighted by Gasteiger charge is -2.39. The third-order valence-electron chi connectivity index (χ3n) is 6.19. The quantitative estimate of drug-likeness (QED) is 0.358. The second kappa shape index (κ2) is 10.3. The van der Waals surface area contributed by atoms with Crippen molar-refractivity contribution >= 4 is 22.8 Å². The van der Waals surface area contributed by atoms with Crippen LogP contribution in [0.1, 0.15) is 37.9 Å². The summed E-state index contributed by atoms with van der Waals surface area (Å²) in [6.07, 6.45) is 2.62. The molecule has 4 rings (SSSR count). The Morgan fingerprint density at radius 3 is 2.70 bits per heavy atom. The standard InChI is InChI=1S/C23H30F2N6O2/c24-22(25)23-28-17-6-2-3-7-18(17)31(23)19(26)12-20(27)33-15-16-13-30(14-16)21(32)8-11-29-9-4-1-5-10-29/h2-3,6-7,12,16,22,26H,1,4-5,8-11,13-15,27H2. The molecule has 2 aliphatic heterocycles. The van der Waals surface area contributed by atoms with Gasteiger partial charge in [0.25, 0.3) is 6.43 Å². The number of fused-ring (bicyclic) bond motifs is 1. The fraction of sp³-hybridized carbons (Fsp3) is 0.522. The molecule has 0 unspecified atom stereocenters. The number of nitrogens with two attached hydrogens (primary N) is 1. The smallest absolute Gasteiger partial charge is 0.296 e. The Morgan fingerprint density at radius 2 is 1.97 bits per heavy atom. The maximum absolute atomic E-state index is 13.4. The first-order valence-corrected chi connectivity index (χ1v) is 11.4. The van der Waals surface area contributed by atoms with Crippen molar-refractivity contribution in [3.63, 3.8) is 0 Å². The number of carbonyl (C=O) groups excluding carboxylic acids is 1. The predicted molar refractivity (Wildman–Crippen MR) is 121 cm³/mol. The number of ether oxygens (including phenoxy) is 1. The summed E-state index contributed by atoms with van der Waals surface area (Å²) in [5.74, 6) is -0.472. The van der Waals surface area contributed by atoms with Gasteiger partial charge in [0.05, 0.1) is 17.6 Å². The van der Waals surface area contributed by atoms with Gasteiger partial charge in [-0.2, -0.15) is 0 Å². The van der Waals surface area contributed by atoms with Gasteiger partial charge in [0.2, 0.25) is 5.91 Å². The predicted octanol–water partition coefficient (Wildman–Crippen LogP) is 2.95. The highest BCUT2D eigenvalue weighted by molar-refractivity contribution is 5.99. The fourth-order valence-corrected chi connectivity index (χ4v) is 4.37. The van der Waals surface area contributed by atoms with Gasteiger partial charge in [-0.1, -0.05) is 18.6 Å². The minimum atomic E-state index is -2.83. The van der Waals surface area contributed by atoms with Crippen LogP contribution in [0, 0.1) is 11.3 Å². The second-order valence-corrected chi connectivity index (χ2v) is 8.65. The van der Waals surface area contributed by atoms with Gasteiger partial charge in [0.1, 0.15) is 5.84 Å². The van der Waals surface area contributed by atoms with E-state index < -0.39 is 12.2 Å². The number of piperidine rings is 1. The summed E-state index contributed by atoms with van der Waals surface area (Å²) < 4.78 is 33.5. The summed E-state index contributed by atoms with van der Waals surface area (Å²) >= 11 is 0. The van der Waals surface area contributed by atoms with Crippen LogP contribution < -0.4 is 5.73 Å². The summed E-state index contributed by atoms with van der Waals surface area (Å²) in [5, 5.41) is 8.25. The van der Waals surface area contributed by atoms with E-state index in [0.717, 1.165) is 24.2 Å². The summed E-state index contributed by atoms with van der Waals surface area (Å²) in [6.45, 7) is 4.52. The lowest BCUT2D eigenvalue weighted by molar-refractivity contribution is -0.139. The molecule has 0 atom stereocenters. The zero-order valence-electron chi connectivity index (χ0n) is 18.6. The van der Waals surface area contributed by atoms with E-state index in [-0.39, 0.29) is 23.5 Å². The lowest BCUT2D eigenvalue weighted by atomic mass is 10.0. The zero-order valence-corrected chi connectivity index (χ0v) is 18.6. The number of imidazole rings is 1. The number of nitrogens with one attached hydrogen (secondary N) is 1. The third-order valence-corrected chi connectivity index (χ3v) is 6.19. The van der Waals surface area contributed by atoms with Crippen LogP contribution in [0.5, 0.6) is 0 Å². The van der Waals surface area contributed by atoms with Gasteiger partial charge in [-0.05, 0) is 38.1 Å². The number of amides is 1. The highest BCUT2D eigenvalue weighted by Gasteiger charge is 2.31. The van der Waals surface area contributed by atoms with Gasteiger partial charge in [-0.25, -0.2) is 13.8 Å². The number of rotatable bonds is 8. The molecule has 2 aliphatic rings. The minimum Gasteiger partial charge on any atom is -0.479 e. The number of benzene rings is 1. The number of nitrogens with zero attached hydrogens (tertiary/aromatic N) is 4.